The summed E-state index contributed by atoms with van der Waals surface area (Å²) in [5.74, 6) is -0.198. The van der Waals surface area contributed by atoms with E-state index < -0.39 is 12.4 Å². The molecule has 0 saturated heterocycles. The highest BCUT2D eigenvalue weighted by atomic mass is 32.2. The maximum absolute atomic E-state index is 12.1. The summed E-state index contributed by atoms with van der Waals surface area (Å²) < 4.78 is 37.7. The first kappa shape index (κ1) is 11.2. The highest BCUT2D eigenvalue weighted by Gasteiger charge is 2.26. The van der Waals surface area contributed by atoms with E-state index in [-0.39, 0.29) is 5.75 Å². The second-order valence-electron chi connectivity index (χ2n) is 2.69. The second kappa shape index (κ2) is 4.08. The van der Waals surface area contributed by atoms with Gasteiger partial charge in [-0.2, -0.15) is 5.10 Å². The maximum Gasteiger partial charge on any atom is 0.505 e. The van der Waals surface area contributed by atoms with Gasteiger partial charge in [-0.05, 0) is 5.75 Å². The standard InChI is InChI=1S/C6H8BF3N3S/c1-5(7(8,9)10)3-14-6-11-4-12-13(6)2/h4H,1,3H2,2H3/q-1. The highest BCUT2D eigenvalue weighted by molar-refractivity contribution is 7.99. The summed E-state index contributed by atoms with van der Waals surface area (Å²) in [7, 11) is 1.62. The molecule has 1 heterocycles. The third-order valence-corrected chi connectivity index (χ3v) is 2.66. The predicted octanol–water partition coefficient (Wildman–Crippen LogP) is 1.85. The minimum Gasteiger partial charge on any atom is -0.445 e. The first-order valence-electron chi connectivity index (χ1n) is 3.75. The van der Waals surface area contributed by atoms with Crippen LogP contribution in [0.5, 0.6) is 0 Å². The van der Waals surface area contributed by atoms with E-state index in [1.807, 2.05) is 0 Å². The van der Waals surface area contributed by atoms with E-state index >= 15 is 0 Å². The van der Waals surface area contributed by atoms with Crippen molar-refractivity contribution in [3.63, 3.8) is 0 Å². The van der Waals surface area contributed by atoms with Gasteiger partial charge in [0.05, 0.1) is 0 Å². The van der Waals surface area contributed by atoms with Crippen LogP contribution in [0.1, 0.15) is 0 Å². The summed E-state index contributed by atoms with van der Waals surface area (Å²) in [6.45, 7) is -1.96. The Morgan fingerprint density at radius 1 is 1.64 bits per heavy atom. The quantitative estimate of drug-likeness (QED) is 0.575. The number of hydrogen-bond donors (Lipinski definition) is 0. The third kappa shape index (κ3) is 2.79. The van der Waals surface area contributed by atoms with E-state index in [4.69, 9.17) is 0 Å². The zero-order valence-electron chi connectivity index (χ0n) is 7.45. The Morgan fingerprint density at radius 2 is 2.29 bits per heavy atom. The number of aryl methyl sites for hydroxylation is 1. The zero-order chi connectivity index (χ0) is 10.8. The van der Waals surface area contributed by atoms with E-state index in [2.05, 4.69) is 16.7 Å². The molecule has 0 atom stereocenters. The van der Waals surface area contributed by atoms with Gasteiger partial charge in [0.1, 0.15) is 6.33 Å². The predicted molar refractivity (Wildman–Crippen MR) is 49.9 cm³/mol. The number of rotatable bonds is 4. The largest absolute Gasteiger partial charge is 0.505 e. The lowest BCUT2D eigenvalue weighted by Crippen LogP contribution is -2.20. The molecule has 3 nitrogen and oxygen atoms in total. The summed E-state index contributed by atoms with van der Waals surface area (Å²) in [5, 5.41) is 4.19. The molecule has 0 N–H and O–H groups in total. The second-order valence-corrected chi connectivity index (χ2v) is 3.63. The Balaban J connectivity index is 2.50. The van der Waals surface area contributed by atoms with Crippen LogP contribution in [-0.4, -0.2) is 27.5 Å². The summed E-state index contributed by atoms with van der Waals surface area (Å²) in [5.41, 5.74) is -0.710. The van der Waals surface area contributed by atoms with Crippen molar-refractivity contribution in [1.82, 2.24) is 14.8 Å². The summed E-state index contributed by atoms with van der Waals surface area (Å²) in [4.78, 5) is 3.78. The van der Waals surface area contributed by atoms with Gasteiger partial charge in [0, 0.05) is 7.05 Å². The van der Waals surface area contributed by atoms with E-state index in [9.17, 15) is 12.9 Å². The van der Waals surface area contributed by atoms with Crippen LogP contribution in [0.3, 0.4) is 0 Å². The first-order valence-corrected chi connectivity index (χ1v) is 4.74. The van der Waals surface area contributed by atoms with Crippen LogP contribution in [0.15, 0.2) is 23.5 Å². The first-order chi connectivity index (χ1) is 6.41. The van der Waals surface area contributed by atoms with E-state index in [0.29, 0.717) is 5.16 Å². The number of aromatic nitrogens is 3. The van der Waals surface area contributed by atoms with Gasteiger partial charge in [-0.3, -0.25) is 0 Å². The number of halogens is 3. The van der Waals surface area contributed by atoms with E-state index in [1.165, 1.54) is 11.0 Å². The average molecular weight is 222 g/mol. The molecule has 0 bridgehead atoms. The van der Waals surface area contributed by atoms with Gasteiger partial charge in [0.25, 0.3) is 0 Å². The lowest BCUT2D eigenvalue weighted by Gasteiger charge is -2.16. The smallest absolute Gasteiger partial charge is 0.445 e. The average Bonchev–Trinajstić information content (AvgIpc) is 2.45. The Hall–Kier alpha value is -0.915. The Morgan fingerprint density at radius 3 is 2.71 bits per heavy atom. The molecule has 1 aromatic rings. The van der Waals surface area contributed by atoms with Crippen LogP contribution in [0.2, 0.25) is 0 Å². The number of nitrogens with zero attached hydrogens (tertiary/aromatic N) is 3. The van der Waals surface area contributed by atoms with Crippen LogP contribution in [-0.2, 0) is 7.05 Å². The molecule has 0 aliphatic carbocycles. The van der Waals surface area contributed by atoms with Gasteiger partial charge in [-0.1, -0.05) is 11.8 Å². The molecule has 1 aromatic heterocycles. The number of thioether (sulfide) groups is 1. The third-order valence-electron chi connectivity index (χ3n) is 1.52. The molecule has 0 radical (unpaired) electrons. The van der Waals surface area contributed by atoms with Crippen molar-refractivity contribution >= 4 is 18.7 Å². The molecule has 0 saturated carbocycles. The zero-order valence-corrected chi connectivity index (χ0v) is 8.27. The number of hydrogen-bond acceptors (Lipinski definition) is 3. The summed E-state index contributed by atoms with van der Waals surface area (Å²) in [6, 6.07) is 0. The molecule has 0 fully saturated rings. The molecule has 0 unspecified atom stereocenters. The van der Waals surface area contributed by atoms with Crippen molar-refractivity contribution in [2.75, 3.05) is 5.75 Å². The molecule has 0 aliphatic rings. The minimum absolute atomic E-state index is 0.198. The van der Waals surface area contributed by atoms with Crippen LogP contribution >= 0.6 is 11.8 Å². The van der Waals surface area contributed by atoms with E-state index in [0.717, 1.165) is 11.8 Å². The van der Waals surface area contributed by atoms with Crippen molar-refractivity contribution in [3.8, 4) is 0 Å². The minimum atomic E-state index is -4.94. The molecule has 14 heavy (non-hydrogen) atoms. The Labute approximate surface area is 83.5 Å². The molecule has 0 aliphatic heterocycles. The SMILES string of the molecule is C=C(CSc1ncnn1C)[B-](F)(F)F. The molecule has 8 heteroatoms. The maximum atomic E-state index is 12.1. The highest BCUT2D eigenvalue weighted by Crippen LogP contribution is 2.24. The van der Waals surface area contributed by atoms with Crippen molar-refractivity contribution in [2.45, 2.75) is 5.16 Å². The fourth-order valence-corrected chi connectivity index (χ4v) is 1.53. The fourth-order valence-electron chi connectivity index (χ4n) is 0.668. The van der Waals surface area contributed by atoms with E-state index in [1.54, 1.807) is 7.05 Å². The lowest BCUT2D eigenvalue weighted by molar-refractivity contribution is 0.491. The lowest BCUT2D eigenvalue weighted by atomic mass is 9.82. The fraction of sp³-hybridized carbons (Fsp3) is 0.333. The van der Waals surface area contributed by atoms with Crippen LogP contribution in [0.4, 0.5) is 12.9 Å². The Kier molecular flexibility index (Phi) is 3.25. The van der Waals surface area contributed by atoms with Crippen molar-refractivity contribution in [2.24, 2.45) is 7.05 Å². The molecule has 1 rings (SSSR count). The van der Waals surface area contributed by atoms with Crippen molar-refractivity contribution < 1.29 is 12.9 Å². The van der Waals surface area contributed by atoms with Gasteiger partial charge < -0.3 is 12.9 Å². The molecular weight excluding hydrogens is 214 g/mol. The van der Waals surface area contributed by atoms with Crippen LogP contribution < -0.4 is 0 Å². The summed E-state index contributed by atoms with van der Waals surface area (Å²) >= 11 is 0.974. The molecule has 0 spiro atoms. The van der Waals surface area contributed by atoms with Gasteiger partial charge >= 0.3 is 6.98 Å². The van der Waals surface area contributed by atoms with Crippen LogP contribution in [0.25, 0.3) is 0 Å². The molecule has 0 amide bonds. The summed E-state index contributed by atoms with van der Waals surface area (Å²) in [6.07, 6.45) is 1.30. The van der Waals surface area contributed by atoms with Gasteiger partial charge in [0.15, 0.2) is 5.16 Å². The Bertz CT molecular complexity index is 335. The molecule has 0 aromatic carbocycles. The van der Waals surface area contributed by atoms with Crippen LogP contribution in [0, 0.1) is 0 Å². The van der Waals surface area contributed by atoms with Gasteiger partial charge in [0.2, 0.25) is 0 Å². The van der Waals surface area contributed by atoms with Gasteiger partial charge in [-0.15, -0.1) is 12.1 Å². The van der Waals surface area contributed by atoms with Gasteiger partial charge in [-0.25, -0.2) is 9.67 Å². The normalized spacial score (nSPS) is 11.7. The van der Waals surface area contributed by atoms with Crippen molar-refractivity contribution in [3.05, 3.63) is 18.4 Å². The monoisotopic (exact) mass is 222 g/mol. The molecule has 78 valence electrons. The topological polar surface area (TPSA) is 30.7 Å². The molecular formula is C6H8BF3N3S-. The van der Waals surface area contributed by atoms with Crippen molar-refractivity contribution in [1.29, 1.82) is 0 Å².